The molecule has 7 heteroatoms. The van der Waals surface area contributed by atoms with E-state index in [-0.39, 0.29) is 16.7 Å². The molecule has 6 nitrogen and oxygen atoms in total. The van der Waals surface area contributed by atoms with Crippen molar-refractivity contribution in [3.05, 3.63) is 39.9 Å². The van der Waals surface area contributed by atoms with Gasteiger partial charge in [0.1, 0.15) is 12.9 Å². The molecule has 0 bridgehead atoms. The van der Waals surface area contributed by atoms with E-state index in [1.54, 1.807) is 13.3 Å². The van der Waals surface area contributed by atoms with E-state index in [9.17, 15) is 9.90 Å². The van der Waals surface area contributed by atoms with Gasteiger partial charge in [0.25, 0.3) is 0 Å². The fraction of sp³-hybridized carbons (Fsp3) is 0.633. The lowest BCUT2D eigenvalue weighted by Crippen LogP contribution is -2.44. The molecule has 2 N–H and O–H groups in total. The molecular formula is C30H41N3O3S. The highest BCUT2D eigenvalue weighted by molar-refractivity contribution is 7.15. The van der Waals surface area contributed by atoms with Gasteiger partial charge in [0.05, 0.1) is 5.71 Å². The van der Waals surface area contributed by atoms with Crippen molar-refractivity contribution in [2.75, 3.05) is 12.4 Å². The summed E-state index contributed by atoms with van der Waals surface area (Å²) in [6.07, 6.45) is 8.35. The number of phenolic OH excluding ortho intramolecular Hbond substituents is 1. The van der Waals surface area contributed by atoms with Crippen LogP contribution in [0.5, 0.6) is 5.75 Å². The van der Waals surface area contributed by atoms with Crippen LogP contribution in [-0.4, -0.2) is 28.8 Å². The molecule has 3 aliphatic rings. The number of oxime groups is 1. The molecule has 37 heavy (non-hydrogen) atoms. The van der Waals surface area contributed by atoms with E-state index in [1.807, 2.05) is 13.0 Å². The number of hydrogen-bond acceptors (Lipinski definition) is 6. The third kappa shape index (κ3) is 4.80. The predicted octanol–water partition coefficient (Wildman–Crippen LogP) is 6.96. The lowest BCUT2D eigenvalue weighted by atomic mass is 9.53. The van der Waals surface area contributed by atoms with Gasteiger partial charge in [-0.25, -0.2) is 4.98 Å². The first kappa shape index (κ1) is 26.2. The smallest absolute Gasteiger partial charge is 0.226 e. The molecule has 2 fully saturated rings. The summed E-state index contributed by atoms with van der Waals surface area (Å²) in [5.41, 5.74) is 4.87. The number of aryl methyl sites for hydroxylation is 2. The number of rotatable bonds is 5. The molecule has 0 radical (unpaired) electrons. The molecule has 5 rings (SSSR count). The van der Waals surface area contributed by atoms with Crippen molar-refractivity contribution in [2.45, 2.75) is 90.9 Å². The second kappa shape index (κ2) is 9.72. The van der Waals surface area contributed by atoms with Gasteiger partial charge in [-0.15, -0.1) is 11.3 Å². The van der Waals surface area contributed by atoms with E-state index in [4.69, 9.17) is 4.84 Å². The second-order valence-corrected chi connectivity index (χ2v) is 13.9. The number of amides is 1. The molecule has 2 saturated carbocycles. The SMILES string of the molecule is CO/N=C1\C[C@@H](CCC(=O)Nc2ncc(C)s2)C2C3CCc4cc(O)c(C(C)(C)C)cc4C3CC[C@]12C. The highest BCUT2D eigenvalue weighted by Crippen LogP contribution is 2.63. The lowest BCUT2D eigenvalue weighted by molar-refractivity contribution is -0.116. The second-order valence-electron chi connectivity index (χ2n) is 12.7. The Bertz CT molecular complexity index is 1210. The van der Waals surface area contributed by atoms with Crippen molar-refractivity contribution in [1.29, 1.82) is 0 Å². The molecule has 0 saturated heterocycles. The van der Waals surface area contributed by atoms with Crippen LogP contribution in [0.4, 0.5) is 5.13 Å². The van der Waals surface area contributed by atoms with Crippen LogP contribution in [0.1, 0.15) is 93.7 Å². The summed E-state index contributed by atoms with van der Waals surface area (Å²) in [5.74, 6) is 2.37. The molecule has 200 valence electrons. The van der Waals surface area contributed by atoms with Crippen LogP contribution in [-0.2, 0) is 21.5 Å². The van der Waals surface area contributed by atoms with Crippen LogP contribution in [0, 0.1) is 30.1 Å². The maximum Gasteiger partial charge on any atom is 0.226 e. The molecular weight excluding hydrogens is 482 g/mol. The summed E-state index contributed by atoms with van der Waals surface area (Å²) in [6.45, 7) is 10.9. The summed E-state index contributed by atoms with van der Waals surface area (Å²) < 4.78 is 0. The quantitative estimate of drug-likeness (QED) is 0.415. The average Bonchev–Trinajstić information content (AvgIpc) is 3.36. The zero-order valence-corrected chi connectivity index (χ0v) is 23.9. The molecule has 1 aromatic carbocycles. The highest BCUT2D eigenvalue weighted by Gasteiger charge is 2.57. The lowest BCUT2D eigenvalue weighted by Gasteiger charge is -2.50. The largest absolute Gasteiger partial charge is 0.508 e. The van der Waals surface area contributed by atoms with E-state index in [1.165, 1.54) is 28.2 Å². The molecule has 3 aliphatic carbocycles. The number of benzene rings is 1. The number of phenols is 1. The third-order valence-electron chi connectivity index (χ3n) is 9.33. The first-order valence-electron chi connectivity index (χ1n) is 13.7. The maximum atomic E-state index is 12.8. The Balaban J connectivity index is 1.42. The minimum atomic E-state index is -0.104. The molecule has 5 atom stereocenters. The summed E-state index contributed by atoms with van der Waals surface area (Å²) in [6, 6.07) is 4.34. The van der Waals surface area contributed by atoms with Crippen molar-refractivity contribution in [1.82, 2.24) is 4.98 Å². The Kier molecular flexibility index (Phi) is 6.88. The van der Waals surface area contributed by atoms with Gasteiger partial charge in [0, 0.05) is 22.9 Å². The van der Waals surface area contributed by atoms with Gasteiger partial charge in [-0.05, 0) is 97.3 Å². The number of carbonyl (C=O) groups excluding carboxylic acids is 1. The Hall–Kier alpha value is -2.41. The Morgan fingerprint density at radius 2 is 2.11 bits per heavy atom. The van der Waals surface area contributed by atoms with Crippen LogP contribution >= 0.6 is 11.3 Å². The Morgan fingerprint density at radius 1 is 1.32 bits per heavy atom. The zero-order valence-electron chi connectivity index (χ0n) is 23.1. The third-order valence-corrected chi connectivity index (χ3v) is 10.2. The van der Waals surface area contributed by atoms with Crippen molar-refractivity contribution < 1.29 is 14.7 Å². The summed E-state index contributed by atoms with van der Waals surface area (Å²) >= 11 is 1.51. The number of fused-ring (bicyclic) bond motifs is 5. The van der Waals surface area contributed by atoms with E-state index in [2.05, 4.69) is 49.2 Å². The van der Waals surface area contributed by atoms with Crippen molar-refractivity contribution in [3.8, 4) is 5.75 Å². The standard InChI is InChI=1S/C30H41N3O3S/c1-17-16-31-28(37-17)32-26(35)10-8-19-14-25(33-36-6)30(5)12-11-20-21(27(19)30)9-7-18-13-24(34)23(15-22(18)20)29(2,3)4/h13,15-16,19-21,27,34H,7-12,14H2,1-6H3,(H,31,32,35)/b33-25+/t19-,20?,21?,27?,30-/m1/s1. The van der Waals surface area contributed by atoms with Crippen LogP contribution in [0.15, 0.2) is 23.5 Å². The van der Waals surface area contributed by atoms with Gasteiger partial charge in [-0.1, -0.05) is 38.9 Å². The number of nitrogens with one attached hydrogen (secondary N) is 1. The summed E-state index contributed by atoms with van der Waals surface area (Å²) in [5, 5.41) is 19.0. The number of thiazole rings is 1. The summed E-state index contributed by atoms with van der Waals surface area (Å²) in [4.78, 5) is 23.5. The van der Waals surface area contributed by atoms with Crippen LogP contribution in [0.25, 0.3) is 0 Å². The molecule has 0 aliphatic heterocycles. The van der Waals surface area contributed by atoms with Crippen molar-refractivity contribution in [3.63, 3.8) is 0 Å². The zero-order chi connectivity index (χ0) is 26.5. The number of anilines is 1. The van der Waals surface area contributed by atoms with Crippen molar-refractivity contribution >= 4 is 28.1 Å². The van der Waals surface area contributed by atoms with Crippen molar-refractivity contribution in [2.24, 2.45) is 28.3 Å². The first-order valence-corrected chi connectivity index (χ1v) is 14.5. The van der Waals surface area contributed by atoms with E-state index in [0.717, 1.165) is 49.0 Å². The fourth-order valence-corrected chi connectivity index (χ4v) is 8.40. The number of aromatic hydroxyl groups is 1. The average molecular weight is 524 g/mol. The minimum absolute atomic E-state index is 0.00597. The number of carbonyl (C=O) groups is 1. The van der Waals surface area contributed by atoms with Gasteiger partial charge in [0.2, 0.25) is 5.91 Å². The van der Waals surface area contributed by atoms with Gasteiger partial charge in [-0.2, -0.15) is 0 Å². The maximum absolute atomic E-state index is 12.8. The van der Waals surface area contributed by atoms with Gasteiger partial charge in [0.15, 0.2) is 5.13 Å². The van der Waals surface area contributed by atoms with E-state index in [0.29, 0.717) is 41.0 Å². The van der Waals surface area contributed by atoms with E-state index >= 15 is 0 Å². The molecule has 1 amide bonds. The number of nitrogens with zero attached hydrogens (tertiary/aromatic N) is 2. The van der Waals surface area contributed by atoms with Gasteiger partial charge in [-0.3, -0.25) is 4.79 Å². The molecule has 3 unspecified atom stereocenters. The van der Waals surface area contributed by atoms with Crippen LogP contribution in [0.2, 0.25) is 0 Å². The molecule has 2 aromatic rings. The molecule has 0 spiro atoms. The fourth-order valence-electron chi connectivity index (χ4n) is 7.72. The van der Waals surface area contributed by atoms with Gasteiger partial charge < -0.3 is 15.3 Å². The highest BCUT2D eigenvalue weighted by atomic mass is 32.1. The van der Waals surface area contributed by atoms with Gasteiger partial charge >= 0.3 is 0 Å². The number of hydrogen-bond donors (Lipinski definition) is 2. The van der Waals surface area contributed by atoms with Crippen LogP contribution in [0.3, 0.4) is 0 Å². The number of aromatic nitrogens is 1. The van der Waals surface area contributed by atoms with Crippen LogP contribution < -0.4 is 5.32 Å². The normalized spacial score (nSPS) is 29.9. The Morgan fingerprint density at radius 3 is 2.78 bits per heavy atom. The Labute approximate surface area is 224 Å². The molecule has 1 heterocycles. The first-order chi connectivity index (χ1) is 17.5. The van der Waals surface area contributed by atoms with E-state index < -0.39 is 0 Å². The molecule has 1 aromatic heterocycles. The minimum Gasteiger partial charge on any atom is -0.508 e. The summed E-state index contributed by atoms with van der Waals surface area (Å²) in [7, 11) is 1.64. The topological polar surface area (TPSA) is 83.8 Å². The monoisotopic (exact) mass is 523 g/mol. The predicted molar refractivity (Wildman–Crippen MR) is 149 cm³/mol.